The second kappa shape index (κ2) is 33.1. The number of unbranched alkanes of at least 4 members (excludes halogenated alkanes) is 22. The van der Waals surface area contributed by atoms with Gasteiger partial charge in [0.05, 0.1) is 16.7 Å². The molecular formula is C45H70O8. The molecule has 1 rings (SSSR count). The molecule has 0 spiro atoms. The van der Waals surface area contributed by atoms with E-state index in [0.717, 1.165) is 83.1 Å². The van der Waals surface area contributed by atoms with Crippen molar-refractivity contribution in [1.29, 1.82) is 0 Å². The number of aromatic carboxylic acids is 1. The second-order valence-electron chi connectivity index (χ2n) is 14.2. The molecule has 1 aromatic rings. The molecule has 0 saturated carbocycles. The molecule has 1 aromatic carbocycles. The molecule has 0 amide bonds. The van der Waals surface area contributed by atoms with E-state index in [9.17, 15) is 29.1 Å². The summed E-state index contributed by atoms with van der Waals surface area (Å²) in [5.41, 5.74) is -1.54. The molecule has 1 N–H and O–H groups in total. The number of carboxylic acids is 1. The number of hydrogen-bond donors (Lipinski definition) is 1. The Hall–Kier alpha value is -3.55. The van der Waals surface area contributed by atoms with Crippen LogP contribution >= 0.6 is 0 Å². The summed E-state index contributed by atoms with van der Waals surface area (Å²) in [7, 11) is 0. The summed E-state index contributed by atoms with van der Waals surface area (Å²) in [5.74, 6) is -5.43. The Balaban J connectivity index is 2.35. The Morgan fingerprint density at radius 2 is 0.811 bits per heavy atom. The van der Waals surface area contributed by atoms with E-state index in [-0.39, 0.29) is 12.8 Å². The van der Waals surface area contributed by atoms with Crippen molar-refractivity contribution in [2.24, 2.45) is 0 Å². The number of carbonyl (C=O) groups excluding carboxylic acids is 4. The van der Waals surface area contributed by atoms with Gasteiger partial charge in [0.25, 0.3) is 0 Å². The molecule has 0 aliphatic rings. The Morgan fingerprint density at radius 3 is 1.21 bits per heavy atom. The summed E-state index contributed by atoms with van der Waals surface area (Å²) in [5, 5.41) is 9.67. The lowest BCUT2D eigenvalue weighted by atomic mass is 10.0. The van der Waals surface area contributed by atoms with E-state index in [4.69, 9.17) is 9.47 Å². The van der Waals surface area contributed by atoms with Crippen molar-refractivity contribution in [3.05, 3.63) is 59.2 Å². The Labute approximate surface area is 320 Å². The van der Waals surface area contributed by atoms with Crippen LogP contribution in [0.4, 0.5) is 0 Å². The molecule has 53 heavy (non-hydrogen) atoms. The Bertz CT molecular complexity index is 1230. The van der Waals surface area contributed by atoms with Crippen LogP contribution in [-0.4, -0.2) is 35.0 Å². The SMILES string of the molecule is CCCCCCCC/C=C\CCCCCCCC(=O)OC(=O)c1cccc(C(=O)O)c1C(=O)OC(=O)CCCCCCC/C=C\CCCCCCCC. The molecule has 0 bridgehead atoms. The number of carboxylic acid groups (broad SMARTS) is 1. The van der Waals surface area contributed by atoms with Crippen molar-refractivity contribution in [3.63, 3.8) is 0 Å². The van der Waals surface area contributed by atoms with E-state index in [1.807, 2.05) is 0 Å². The minimum Gasteiger partial charge on any atom is -0.478 e. The highest BCUT2D eigenvalue weighted by molar-refractivity contribution is 6.13. The van der Waals surface area contributed by atoms with Gasteiger partial charge in [-0.3, -0.25) is 9.59 Å². The van der Waals surface area contributed by atoms with Crippen molar-refractivity contribution in [3.8, 4) is 0 Å². The van der Waals surface area contributed by atoms with Crippen molar-refractivity contribution >= 4 is 29.8 Å². The fraction of sp³-hybridized carbons (Fsp3) is 0.667. The van der Waals surface area contributed by atoms with Gasteiger partial charge < -0.3 is 14.6 Å². The minimum atomic E-state index is -1.48. The third kappa shape index (κ3) is 25.2. The van der Waals surface area contributed by atoms with E-state index in [1.165, 1.54) is 89.2 Å². The van der Waals surface area contributed by atoms with Crippen LogP contribution in [0.1, 0.15) is 225 Å². The summed E-state index contributed by atoms with van der Waals surface area (Å²) in [6, 6.07) is 3.60. The number of benzene rings is 1. The molecule has 0 aromatic heterocycles. The van der Waals surface area contributed by atoms with E-state index in [1.54, 1.807) is 0 Å². The number of allylic oxidation sites excluding steroid dienone is 4. The van der Waals surface area contributed by atoms with Crippen LogP contribution in [-0.2, 0) is 19.1 Å². The number of hydrogen-bond acceptors (Lipinski definition) is 7. The quantitative estimate of drug-likeness (QED) is 0.0327. The van der Waals surface area contributed by atoms with Gasteiger partial charge in [-0.25, -0.2) is 14.4 Å². The number of carbonyl (C=O) groups is 5. The highest BCUT2D eigenvalue weighted by atomic mass is 16.6. The van der Waals surface area contributed by atoms with Gasteiger partial charge in [0, 0.05) is 12.8 Å². The number of rotatable bonds is 33. The first-order valence-corrected chi connectivity index (χ1v) is 21.0. The molecule has 0 aliphatic carbocycles. The minimum absolute atomic E-state index is 0.00659. The first-order valence-electron chi connectivity index (χ1n) is 21.0. The zero-order valence-corrected chi connectivity index (χ0v) is 33.1. The molecule has 0 unspecified atom stereocenters. The molecule has 0 saturated heterocycles. The third-order valence-electron chi connectivity index (χ3n) is 9.42. The molecule has 8 nitrogen and oxygen atoms in total. The van der Waals surface area contributed by atoms with E-state index in [2.05, 4.69) is 38.2 Å². The highest BCUT2D eigenvalue weighted by Crippen LogP contribution is 2.20. The number of ether oxygens (including phenoxy) is 2. The fourth-order valence-electron chi connectivity index (χ4n) is 6.22. The van der Waals surface area contributed by atoms with E-state index < -0.39 is 46.5 Å². The summed E-state index contributed by atoms with van der Waals surface area (Å²) in [6.07, 6.45) is 38.0. The van der Waals surface area contributed by atoms with Gasteiger partial charge in [-0.15, -0.1) is 0 Å². The summed E-state index contributed by atoms with van der Waals surface area (Å²) in [6.45, 7) is 4.46. The van der Waals surface area contributed by atoms with Crippen LogP contribution in [0.25, 0.3) is 0 Å². The lowest BCUT2D eigenvalue weighted by Gasteiger charge is -2.11. The molecule has 0 heterocycles. The van der Waals surface area contributed by atoms with Gasteiger partial charge in [-0.2, -0.15) is 0 Å². The maximum absolute atomic E-state index is 13.0. The molecular weight excluding hydrogens is 668 g/mol. The maximum atomic E-state index is 13.0. The zero-order chi connectivity index (χ0) is 38.8. The standard InChI is InChI=1S/C45H70O8/c1-3-5-7-9-11-13-15-17-19-21-23-25-27-29-31-36-40(46)52-44(50)39-35-33-34-38(43(48)49)42(39)45(51)53-41(47)37-32-30-28-26-24-22-20-18-16-14-12-10-8-6-4-2/h17-20,33-35H,3-16,21-32,36-37H2,1-2H3,(H,48,49)/b19-17-,20-18-. The number of esters is 4. The Morgan fingerprint density at radius 1 is 0.472 bits per heavy atom. The maximum Gasteiger partial charge on any atom is 0.347 e. The highest BCUT2D eigenvalue weighted by Gasteiger charge is 2.28. The summed E-state index contributed by atoms with van der Waals surface area (Å²) in [4.78, 5) is 62.6. The van der Waals surface area contributed by atoms with Crippen molar-refractivity contribution in [2.75, 3.05) is 0 Å². The van der Waals surface area contributed by atoms with Crippen molar-refractivity contribution in [1.82, 2.24) is 0 Å². The van der Waals surface area contributed by atoms with E-state index >= 15 is 0 Å². The summed E-state index contributed by atoms with van der Waals surface area (Å²) < 4.78 is 9.93. The van der Waals surface area contributed by atoms with Gasteiger partial charge in [0.2, 0.25) is 0 Å². The molecule has 0 atom stereocenters. The van der Waals surface area contributed by atoms with Crippen molar-refractivity contribution in [2.45, 2.75) is 194 Å². The largest absolute Gasteiger partial charge is 0.478 e. The second-order valence-corrected chi connectivity index (χ2v) is 14.2. The molecule has 0 radical (unpaired) electrons. The molecule has 0 fully saturated rings. The lowest BCUT2D eigenvalue weighted by Crippen LogP contribution is -2.22. The topological polar surface area (TPSA) is 124 Å². The predicted octanol–water partition coefficient (Wildman–Crippen LogP) is 12.8. The lowest BCUT2D eigenvalue weighted by molar-refractivity contribution is -0.139. The van der Waals surface area contributed by atoms with Gasteiger partial charge in [0.15, 0.2) is 0 Å². The van der Waals surface area contributed by atoms with Gasteiger partial charge in [0.1, 0.15) is 0 Å². The molecule has 0 aliphatic heterocycles. The smallest absolute Gasteiger partial charge is 0.347 e. The van der Waals surface area contributed by atoms with E-state index in [0.29, 0.717) is 12.8 Å². The predicted molar refractivity (Wildman–Crippen MR) is 213 cm³/mol. The zero-order valence-electron chi connectivity index (χ0n) is 33.1. The average molecular weight is 739 g/mol. The fourth-order valence-corrected chi connectivity index (χ4v) is 6.22. The monoisotopic (exact) mass is 739 g/mol. The van der Waals surface area contributed by atoms with Crippen LogP contribution in [0.15, 0.2) is 42.5 Å². The van der Waals surface area contributed by atoms with Gasteiger partial charge >= 0.3 is 29.8 Å². The first kappa shape index (κ1) is 47.5. The van der Waals surface area contributed by atoms with Gasteiger partial charge in [-0.1, -0.05) is 147 Å². The third-order valence-corrected chi connectivity index (χ3v) is 9.42. The summed E-state index contributed by atoms with van der Waals surface area (Å²) >= 11 is 0. The first-order chi connectivity index (χ1) is 25.8. The Kier molecular flexibility index (Phi) is 29.6. The molecule has 8 heteroatoms. The van der Waals surface area contributed by atoms with Gasteiger partial charge in [-0.05, 0) is 76.3 Å². The molecule has 298 valence electrons. The van der Waals surface area contributed by atoms with Crippen LogP contribution in [0.5, 0.6) is 0 Å². The van der Waals surface area contributed by atoms with Crippen molar-refractivity contribution < 1.29 is 38.6 Å². The van der Waals surface area contributed by atoms with Crippen LogP contribution in [0, 0.1) is 0 Å². The van der Waals surface area contributed by atoms with Crippen LogP contribution in [0.2, 0.25) is 0 Å². The average Bonchev–Trinajstić information content (AvgIpc) is 3.14. The normalized spacial score (nSPS) is 11.4. The van der Waals surface area contributed by atoms with Crippen LogP contribution in [0.3, 0.4) is 0 Å². The van der Waals surface area contributed by atoms with Crippen LogP contribution < -0.4 is 0 Å².